The molecule has 0 aromatic carbocycles. The van der Waals surface area contributed by atoms with Crippen LogP contribution < -0.4 is 0 Å². The van der Waals surface area contributed by atoms with Gasteiger partial charge in [0.2, 0.25) is 5.89 Å². The number of amides is 1. The Morgan fingerprint density at radius 1 is 1.19 bits per heavy atom. The highest BCUT2D eigenvalue weighted by molar-refractivity contribution is 5.90. The smallest absolute Gasteiger partial charge is 0.312 e. The number of aromatic nitrogens is 7. The van der Waals surface area contributed by atoms with Crippen molar-refractivity contribution in [1.29, 1.82) is 0 Å². The Morgan fingerprint density at radius 2 is 2.12 bits per heavy atom. The van der Waals surface area contributed by atoms with Crippen LogP contribution in [0, 0.1) is 6.92 Å². The van der Waals surface area contributed by atoms with Crippen LogP contribution in [0.1, 0.15) is 39.5 Å². The Hall–Kier alpha value is -4.34. The minimum absolute atomic E-state index is 0.0731. The monoisotopic (exact) mass is 426 g/mol. The van der Waals surface area contributed by atoms with Gasteiger partial charge in [-0.25, -0.2) is 9.50 Å². The lowest BCUT2D eigenvalue weighted by Gasteiger charge is -2.32. The molecule has 1 aliphatic heterocycles. The molecule has 5 aromatic heterocycles. The number of pyridine rings is 2. The first kappa shape index (κ1) is 18.4. The van der Waals surface area contributed by atoms with E-state index in [2.05, 4.69) is 25.1 Å². The molecule has 1 N–H and O–H groups in total. The number of carbonyl (C=O) groups is 1. The van der Waals surface area contributed by atoms with Crippen LogP contribution in [0.4, 0.5) is 0 Å². The van der Waals surface area contributed by atoms with Crippen LogP contribution >= 0.6 is 0 Å². The third kappa shape index (κ3) is 2.88. The SMILES string of the molecule is Cc1ncccc1-c1nnc(C(=O)N2CCc3[nH]cnc3[C@H]2c2cc3ccccn3n2)o1. The number of hydrogen-bond acceptors (Lipinski definition) is 7. The first-order chi connectivity index (χ1) is 15.7. The van der Waals surface area contributed by atoms with Gasteiger partial charge in [-0.15, -0.1) is 10.2 Å². The molecule has 0 spiro atoms. The Balaban J connectivity index is 1.40. The Morgan fingerprint density at radius 3 is 3.00 bits per heavy atom. The second-order valence-corrected chi connectivity index (χ2v) is 7.61. The van der Waals surface area contributed by atoms with Crippen LogP contribution in [0.25, 0.3) is 17.0 Å². The first-order valence-electron chi connectivity index (χ1n) is 10.2. The lowest BCUT2D eigenvalue weighted by Crippen LogP contribution is -2.41. The molecular weight excluding hydrogens is 408 g/mol. The van der Waals surface area contributed by atoms with Gasteiger partial charge in [0, 0.05) is 36.7 Å². The van der Waals surface area contributed by atoms with Crippen molar-refractivity contribution in [3.05, 3.63) is 83.8 Å². The molecule has 0 saturated heterocycles. The highest BCUT2D eigenvalue weighted by Gasteiger charge is 2.38. The largest absolute Gasteiger partial charge is 0.412 e. The van der Waals surface area contributed by atoms with E-state index in [4.69, 9.17) is 9.52 Å². The second kappa shape index (κ2) is 7.12. The van der Waals surface area contributed by atoms with Crippen molar-refractivity contribution in [2.24, 2.45) is 0 Å². The van der Waals surface area contributed by atoms with Crippen LogP contribution in [0.3, 0.4) is 0 Å². The van der Waals surface area contributed by atoms with Gasteiger partial charge < -0.3 is 14.3 Å². The van der Waals surface area contributed by atoms with Crippen LogP contribution in [0.2, 0.25) is 0 Å². The molecule has 1 atom stereocenters. The van der Waals surface area contributed by atoms with E-state index in [0.717, 1.165) is 28.3 Å². The van der Waals surface area contributed by atoms with E-state index < -0.39 is 6.04 Å². The number of carbonyl (C=O) groups excluding carboxylic acids is 1. The van der Waals surface area contributed by atoms with E-state index in [9.17, 15) is 4.79 Å². The summed E-state index contributed by atoms with van der Waals surface area (Å²) in [7, 11) is 0. The zero-order valence-electron chi connectivity index (χ0n) is 17.1. The average Bonchev–Trinajstić information content (AvgIpc) is 3.57. The Bertz CT molecular complexity index is 1420. The summed E-state index contributed by atoms with van der Waals surface area (Å²) in [6.45, 7) is 2.32. The van der Waals surface area contributed by atoms with Crippen LogP contribution in [-0.2, 0) is 6.42 Å². The number of fused-ring (bicyclic) bond motifs is 2. The van der Waals surface area contributed by atoms with Gasteiger partial charge >= 0.3 is 11.8 Å². The summed E-state index contributed by atoms with van der Waals surface area (Å²) in [5, 5.41) is 12.8. The van der Waals surface area contributed by atoms with Crippen LogP contribution in [0.5, 0.6) is 0 Å². The molecule has 1 amide bonds. The van der Waals surface area contributed by atoms with E-state index in [1.165, 1.54) is 0 Å². The number of aryl methyl sites for hydroxylation is 1. The van der Waals surface area contributed by atoms with Gasteiger partial charge in [0.05, 0.1) is 28.8 Å². The fourth-order valence-corrected chi connectivity index (χ4v) is 4.14. The van der Waals surface area contributed by atoms with Crippen molar-refractivity contribution in [3.8, 4) is 11.5 Å². The van der Waals surface area contributed by atoms with Gasteiger partial charge in [-0.05, 0) is 37.3 Å². The average molecular weight is 426 g/mol. The van der Waals surface area contributed by atoms with Gasteiger partial charge in [-0.1, -0.05) is 6.07 Å². The molecule has 1 aliphatic rings. The summed E-state index contributed by atoms with van der Waals surface area (Å²) in [6.07, 6.45) is 5.86. The molecule has 10 nitrogen and oxygen atoms in total. The number of nitrogens with zero attached hydrogens (tertiary/aromatic N) is 7. The van der Waals surface area contributed by atoms with E-state index in [0.29, 0.717) is 18.5 Å². The molecule has 10 heteroatoms. The molecular formula is C22H18N8O2. The minimum Gasteiger partial charge on any atom is -0.412 e. The van der Waals surface area contributed by atoms with Crippen molar-refractivity contribution in [1.82, 2.24) is 39.7 Å². The summed E-state index contributed by atoms with van der Waals surface area (Å²) in [5.41, 5.74) is 4.87. The quantitative estimate of drug-likeness (QED) is 0.471. The van der Waals surface area contributed by atoms with Crippen molar-refractivity contribution in [2.45, 2.75) is 19.4 Å². The predicted octanol–water partition coefficient (Wildman–Crippen LogP) is 2.60. The number of hydrogen-bond donors (Lipinski definition) is 1. The van der Waals surface area contributed by atoms with Gasteiger partial charge in [-0.3, -0.25) is 9.78 Å². The lowest BCUT2D eigenvalue weighted by molar-refractivity contribution is 0.0646. The Kier molecular flexibility index (Phi) is 4.10. The van der Waals surface area contributed by atoms with E-state index in [-0.39, 0.29) is 17.7 Å². The summed E-state index contributed by atoms with van der Waals surface area (Å²) in [4.78, 5) is 27.1. The standard InChI is InChI=1S/C22H18N8O2/c1-13-15(6-4-8-23-13)20-26-27-21(32-20)22(31)29-10-7-16-18(25-12-24-16)19(29)17-11-14-5-2-3-9-30(14)28-17/h2-6,8-9,11-12,19H,7,10H2,1H3,(H,24,25)/t19-/m1/s1. The highest BCUT2D eigenvalue weighted by Crippen LogP contribution is 2.34. The van der Waals surface area contributed by atoms with Gasteiger partial charge in [-0.2, -0.15) is 5.10 Å². The molecule has 6 heterocycles. The number of rotatable bonds is 3. The number of H-pyrrole nitrogens is 1. The number of imidazole rings is 1. The van der Waals surface area contributed by atoms with Crippen molar-refractivity contribution in [3.63, 3.8) is 0 Å². The van der Waals surface area contributed by atoms with Crippen molar-refractivity contribution >= 4 is 11.4 Å². The lowest BCUT2D eigenvalue weighted by atomic mass is 9.99. The van der Waals surface area contributed by atoms with E-state index >= 15 is 0 Å². The molecule has 0 aliphatic carbocycles. The molecule has 0 bridgehead atoms. The summed E-state index contributed by atoms with van der Waals surface area (Å²) >= 11 is 0. The fraction of sp³-hybridized carbons (Fsp3) is 0.182. The van der Waals surface area contributed by atoms with Gasteiger partial charge in [0.15, 0.2) is 0 Å². The number of nitrogens with one attached hydrogen (secondary N) is 1. The fourth-order valence-electron chi connectivity index (χ4n) is 4.14. The van der Waals surface area contributed by atoms with E-state index in [1.807, 2.05) is 43.5 Å². The minimum atomic E-state index is -0.465. The molecule has 32 heavy (non-hydrogen) atoms. The Labute approximate surface area is 181 Å². The normalized spacial score (nSPS) is 15.8. The van der Waals surface area contributed by atoms with E-state index in [1.54, 1.807) is 28.0 Å². The van der Waals surface area contributed by atoms with Gasteiger partial charge in [0.1, 0.15) is 6.04 Å². The third-order valence-corrected chi connectivity index (χ3v) is 5.70. The maximum absolute atomic E-state index is 13.5. The summed E-state index contributed by atoms with van der Waals surface area (Å²) in [6, 6.07) is 11.0. The highest BCUT2D eigenvalue weighted by atomic mass is 16.4. The second-order valence-electron chi connectivity index (χ2n) is 7.61. The third-order valence-electron chi connectivity index (χ3n) is 5.70. The van der Waals surface area contributed by atoms with Crippen molar-refractivity contribution < 1.29 is 9.21 Å². The molecule has 158 valence electrons. The topological polar surface area (TPSA) is 118 Å². The summed E-state index contributed by atoms with van der Waals surface area (Å²) in [5.74, 6) is -0.169. The molecule has 0 radical (unpaired) electrons. The van der Waals surface area contributed by atoms with Crippen molar-refractivity contribution in [2.75, 3.05) is 6.54 Å². The molecule has 5 aromatic rings. The van der Waals surface area contributed by atoms with Gasteiger partial charge in [0.25, 0.3) is 0 Å². The number of aromatic amines is 1. The predicted molar refractivity (Wildman–Crippen MR) is 113 cm³/mol. The van der Waals surface area contributed by atoms with Crippen LogP contribution in [0.15, 0.2) is 59.5 Å². The van der Waals surface area contributed by atoms with Crippen LogP contribution in [-0.4, -0.2) is 52.1 Å². The molecule has 0 unspecified atom stereocenters. The zero-order chi connectivity index (χ0) is 21.7. The zero-order valence-corrected chi connectivity index (χ0v) is 17.1. The first-order valence-corrected chi connectivity index (χ1v) is 10.2. The maximum Gasteiger partial charge on any atom is 0.312 e. The molecule has 0 fully saturated rings. The summed E-state index contributed by atoms with van der Waals surface area (Å²) < 4.78 is 7.56. The molecule has 6 rings (SSSR count). The molecule has 0 saturated carbocycles. The maximum atomic E-state index is 13.5.